The standard InChI is InChI=1S/C28H36N4O3/c1-21-22(2)32(27-11-5-4-10-26(21)27)19-24(34)18-31(13-7-15-33)17-23-8-6-9-25(16-23)35-20-28-29-12-14-30(28)3/h4-6,8-12,14,16,24,33-34H,7,13,15,17-20H2,1-3H3/t24-/m1/s1. The van der Waals surface area contributed by atoms with E-state index < -0.39 is 6.10 Å². The van der Waals surface area contributed by atoms with Crippen LogP contribution in [-0.2, 0) is 26.7 Å². The summed E-state index contributed by atoms with van der Waals surface area (Å²) in [5, 5.41) is 21.7. The molecule has 35 heavy (non-hydrogen) atoms. The summed E-state index contributed by atoms with van der Waals surface area (Å²) in [6.45, 7) is 7.20. The van der Waals surface area contributed by atoms with Crippen molar-refractivity contribution in [3.63, 3.8) is 0 Å². The van der Waals surface area contributed by atoms with E-state index in [9.17, 15) is 10.2 Å². The zero-order valence-corrected chi connectivity index (χ0v) is 20.9. The summed E-state index contributed by atoms with van der Waals surface area (Å²) >= 11 is 0. The Morgan fingerprint density at radius 2 is 1.94 bits per heavy atom. The lowest BCUT2D eigenvalue weighted by atomic mass is 10.2. The first-order chi connectivity index (χ1) is 17.0. The molecule has 2 aromatic heterocycles. The summed E-state index contributed by atoms with van der Waals surface area (Å²) < 4.78 is 10.1. The first-order valence-electron chi connectivity index (χ1n) is 12.2. The van der Waals surface area contributed by atoms with E-state index in [0.717, 1.165) is 22.7 Å². The smallest absolute Gasteiger partial charge is 0.146 e. The van der Waals surface area contributed by atoms with Crippen molar-refractivity contribution in [2.24, 2.45) is 7.05 Å². The van der Waals surface area contributed by atoms with Gasteiger partial charge in [0, 0.05) is 62.3 Å². The van der Waals surface area contributed by atoms with E-state index in [4.69, 9.17) is 4.74 Å². The lowest BCUT2D eigenvalue weighted by molar-refractivity contribution is 0.0908. The highest BCUT2D eigenvalue weighted by Gasteiger charge is 2.17. The van der Waals surface area contributed by atoms with Crippen molar-refractivity contribution >= 4 is 10.9 Å². The Morgan fingerprint density at radius 1 is 1.11 bits per heavy atom. The number of hydrogen-bond acceptors (Lipinski definition) is 5. The molecule has 0 amide bonds. The molecular formula is C28H36N4O3. The molecule has 2 N–H and O–H groups in total. The van der Waals surface area contributed by atoms with Crippen LogP contribution in [0.15, 0.2) is 60.9 Å². The van der Waals surface area contributed by atoms with Crippen molar-refractivity contribution in [3.05, 3.63) is 83.6 Å². The lowest BCUT2D eigenvalue weighted by Gasteiger charge is -2.26. The normalized spacial score (nSPS) is 12.5. The maximum absolute atomic E-state index is 11.1. The minimum atomic E-state index is -0.537. The van der Waals surface area contributed by atoms with Gasteiger partial charge in [-0.1, -0.05) is 30.3 Å². The van der Waals surface area contributed by atoms with Gasteiger partial charge in [0.1, 0.15) is 18.2 Å². The predicted octanol–water partition coefficient (Wildman–Crippen LogP) is 3.82. The van der Waals surface area contributed by atoms with Gasteiger partial charge in [0.2, 0.25) is 0 Å². The van der Waals surface area contributed by atoms with E-state index in [1.54, 1.807) is 6.20 Å². The SMILES string of the molecule is Cc1c(C)n(C[C@H](O)CN(CCCO)Cc2cccc(OCc3nccn3C)c2)c2ccccc12. The van der Waals surface area contributed by atoms with E-state index in [1.165, 1.54) is 16.6 Å². The molecule has 0 spiro atoms. The average Bonchev–Trinajstić information content (AvgIpc) is 3.37. The van der Waals surface area contributed by atoms with Gasteiger partial charge in [-0.2, -0.15) is 0 Å². The zero-order valence-electron chi connectivity index (χ0n) is 20.9. The fraction of sp³-hybridized carbons (Fsp3) is 0.393. The van der Waals surface area contributed by atoms with Crippen LogP contribution in [0, 0.1) is 13.8 Å². The molecule has 0 bridgehead atoms. The molecule has 0 unspecified atom stereocenters. The van der Waals surface area contributed by atoms with E-state index in [1.807, 2.05) is 42.1 Å². The van der Waals surface area contributed by atoms with Crippen LogP contribution in [0.2, 0.25) is 0 Å². The third-order valence-corrected chi connectivity index (χ3v) is 6.63. The van der Waals surface area contributed by atoms with Crippen LogP contribution in [0.3, 0.4) is 0 Å². The number of rotatable bonds is 12. The molecule has 0 aliphatic carbocycles. The molecule has 1 atom stereocenters. The second-order valence-corrected chi connectivity index (χ2v) is 9.19. The number of fused-ring (bicyclic) bond motifs is 1. The Morgan fingerprint density at radius 3 is 2.71 bits per heavy atom. The number of imidazole rings is 1. The van der Waals surface area contributed by atoms with Crippen molar-refractivity contribution in [1.82, 2.24) is 19.0 Å². The average molecular weight is 477 g/mol. The molecule has 0 radical (unpaired) electrons. The molecule has 7 nitrogen and oxygen atoms in total. The maximum Gasteiger partial charge on any atom is 0.146 e. The number of benzene rings is 2. The number of aromatic nitrogens is 3. The molecule has 4 rings (SSSR count). The van der Waals surface area contributed by atoms with Crippen LogP contribution in [0.5, 0.6) is 5.75 Å². The minimum Gasteiger partial charge on any atom is -0.486 e. The number of aliphatic hydroxyl groups is 2. The Kier molecular flexibility index (Phi) is 8.23. The number of aryl methyl sites for hydroxylation is 2. The van der Waals surface area contributed by atoms with E-state index in [2.05, 4.69) is 52.6 Å². The maximum atomic E-state index is 11.1. The minimum absolute atomic E-state index is 0.125. The summed E-state index contributed by atoms with van der Waals surface area (Å²) in [6.07, 6.45) is 3.79. The monoisotopic (exact) mass is 476 g/mol. The highest BCUT2D eigenvalue weighted by molar-refractivity contribution is 5.85. The molecule has 2 heterocycles. The van der Waals surface area contributed by atoms with Gasteiger partial charge in [0.15, 0.2) is 0 Å². The number of aliphatic hydroxyl groups excluding tert-OH is 2. The van der Waals surface area contributed by atoms with E-state index >= 15 is 0 Å². The Labute approximate surface area is 207 Å². The molecular weight excluding hydrogens is 440 g/mol. The lowest BCUT2D eigenvalue weighted by Crippen LogP contribution is -2.35. The first-order valence-corrected chi connectivity index (χ1v) is 12.2. The molecule has 7 heteroatoms. The molecule has 0 aliphatic heterocycles. The molecule has 186 valence electrons. The van der Waals surface area contributed by atoms with E-state index in [-0.39, 0.29) is 6.61 Å². The van der Waals surface area contributed by atoms with Gasteiger partial charge in [-0.3, -0.25) is 4.90 Å². The van der Waals surface area contributed by atoms with Gasteiger partial charge < -0.3 is 24.1 Å². The van der Waals surface area contributed by atoms with Gasteiger partial charge in [-0.05, 0) is 49.6 Å². The van der Waals surface area contributed by atoms with Crippen molar-refractivity contribution in [3.8, 4) is 5.75 Å². The van der Waals surface area contributed by atoms with Gasteiger partial charge in [-0.25, -0.2) is 4.98 Å². The number of hydrogen-bond donors (Lipinski definition) is 2. The van der Waals surface area contributed by atoms with Gasteiger partial charge in [0.25, 0.3) is 0 Å². The molecule has 4 aromatic rings. The molecule has 0 aliphatic rings. The molecule has 2 aromatic carbocycles. The van der Waals surface area contributed by atoms with Crippen LogP contribution in [0.4, 0.5) is 0 Å². The van der Waals surface area contributed by atoms with Gasteiger partial charge >= 0.3 is 0 Å². The van der Waals surface area contributed by atoms with Gasteiger partial charge in [-0.15, -0.1) is 0 Å². The highest BCUT2D eigenvalue weighted by atomic mass is 16.5. The van der Waals surface area contributed by atoms with Crippen LogP contribution in [-0.4, -0.2) is 55.0 Å². The van der Waals surface area contributed by atoms with Crippen LogP contribution >= 0.6 is 0 Å². The molecule has 0 saturated heterocycles. The predicted molar refractivity (Wildman–Crippen MR) is 138 cm³/mol. The zero-order chi connectivity index (χ0) is 24.8. The van der Waals surface area contributed by atoms with Crippen molar-refractivity contribution in [1.29, 1.82) is 0 Å². The fourth-order valence-electron chi connectivity index (χ4n) is 4.61. The largest absolute Gasteiger partial charge is 0.486 e. The van der Waals surface area contributed by atoms with Crippen molar-refractivity contribution in [2.45, 2.75) is 46.1 Å². The summed E-state index contributed by atoms with van der Waals surface area (Å²) in [5.41, 5.74) is 4.70. The number of para-hydroxylation sites is 1. The van der Waals surface area contributed by atoms with Crippen molar-refractivity contribution in [2.75, 3.05) is 19.7 Å². The Hall–Kier alpha value is -3.13. The third kappa shape index (κ3) is 6.11. The number of nitrogens with zero attached hydrogens (tertiary/aromatic N) is 4. The van der Waals surface area contributed by atoms with Crippen LogP contribution in [0.1, 0.15) is 29.1 Å². The highest BCUT2D eigenvalue weighted by Crippen LogP contribution is 2.25. The van der Waals surface area contributed by atoms with Gasteiger partial charge in [0.05, 0.1) is 12.6 Å². The summed E-state index contributed by atoms with van der Waals surface area (Å²) in [7, 11) is 1.95. The second kappa shape index (κ2) is 11.5. The topological polar surface area (TPSA) is 75.7 Å². The Balaban J connectivity index is 1.42. The fourth-order valence-corrected chi connectivity index (χ4v) is 4.61. The van der Waals surface area contributed by atoms with Crippen LogP contribution < -0.4 is 4.74 Å². The quantitative estimate of drug-likeness (QED) is 0.325. The second-order valence-electron chi connectivity index (χ2n) is 9.19. The molecule has 0 saturated carbocycles. The van der Waals surface area contributed by atoms with Crippen molar-refractivity contribution < 1.29 is 14.9 Å². The molecule has 0 fully saturated rings. The van der Waals surface area contributed by atoms with E-state index in [0.29, 0.717) is 39.2 Å². The summed E-state index contributed by atoms with van der Waals surface area (Å²) in [5.74, 6) is 1.66. The first kappa shape index (κ1) is 25.0. The Bertz CT molecular complexity index is 1250. The van der Waals surface area contributed by atoms with Crippen LogP contribution in [0.25, 0.3) is 10.9 Å². The summed E-state index contributed by atoms with van der Waals surface area (Å²) in [6, 6.07) is 16.4. The number of ether oxygens (including phenoxy) is 1. The third-order valence-electron chi connectivity index (χ3n) is 6.63. The summed E-state index contributed by atoms with van der Waals surface area (Å²) in [4.78, 5) is 6.51.